The third-order valence-electron chi connectivity index (χ3n) is 2.96. The summed E-state index contributed by atoms with van der Waals surface area (Å²) in [5.41, 5.74) is 1.20. The van der Waals surface area contributed by atoms with Gasteiger partial charge in [-0.15, -0.1) is 0 Å². The number of H-pyrrole nitrogens is 1. The van der Waals surface area contributed by atoms with E-state index in [4.69, 9.17) is 0 Å². The van der Waals surface area contributed by atoms with Crippen LogP contribution in [0.2, 0.25) is 0 Å². The van der Waals surface area contributed by atoms with Crippen LogP contribution in [0.1, 0.15) is 32.2 Å². The fraction of sp³-hybridized carbons (Fsp3) is 0.333. The van der Waals surface area contributed by atoms with E-state index in [1.807, 2.05) is 20.8 Å². The number of nitrogens with one attached hydrogen (secondary N) is 1. The maximum Gasteiger partial charge on any atom is 0.254 e. The molecule has 0 atom stereocenters. The van der Waals surface area contributed by atoms with Crippen molar-refractivity contribution < 1.29 is 4.39 Å². The SMILES string of the molecule is Cc1c(-c2cccc(F)c2)nc(C(C)(C)C)[nH]c1=O. The predicted molar refractivity (Wildman–Crippen MR) is 73.7 cm³/mol. The van der Waals surface area contributed by atoms with Gasteiger partial charge >= 0.3 is 0 Å². The van der Waals surface area contributed by atoms with Crippen molar-refractivity contribution in [2.45, 2.75) is 33.1 Å². The van der Waals surface area contributed by atoms with Crippen LogP contribution < -0.4 is 5.56 Å². The van der Waals surface area contributed by atoms with E-state index in [0.717, 1.165) is 0 Å². The first-order valence-corrected chi connectivity index (χ1v) is 6.16. The predicted octanol–water partition coefficient (Wildman–Crippen LogP) is 3.18. The number of aromatic nitrogens is 2. The molecule has 0 aliphatic rings. The minimum atomic E-state index is -0.337. The van der Waals surface area contributed by atoms with Gasteiger partial charge in [0.15, 0.2) is 0 Å². The van der Waals surface area contributed by atoms with E-state index in [9.17, 15) is 9.18 Å². The molecule has 2 aromatic rings. The summed E-state index contributed by atoms with van der Waals surface area (Å²) in [7, 11) is 0. The normalized spacial score (nSPS) is 11.6. The number of nitrogens with zero attached hydrogens (tertiary/aromatic N) is 1. The van der Waals surface area contributed by atoms with Crippen LogP contribution in [0.4, 0.5) is 4.39 Å². The number of halogens is 1. The van der Waals surface area contributed by atoms with Gasteiger partial charge in [0.05, 0.1) is 5.69 Å². The molecule has 0 saturated carbocycles. The Morgan fingerprint density at radius 1 is 1.26 bits per heavy atom. The summed E-state index contributed by atoms with van der Waals surface area (Å²) in [6.45, 7) is 7.60. The van der Waals surface area contributed by atoms with E-state index in [0.29, 0.717) is 22.6 Å². The molecule has 1 heterocycles. The van der Waals surface area contributed by atoms with Crippen LogP contribution in [0.25, 0.3) is 11.3 Å². The highest BCUT2D eigenvalue weighted by atomic mass is 19.1. The lowest BCUT2D eigenvalue weighted by Gasteiger charge is -2.18. The largest absolute Gasteiger partial charge is 0.310 e. The number of rotatable bonds is 1. The summed E-state index contributed by atoms with van der Waals surface area (Å²) < 4.78 is 13.3. The van der Waals surface area contributed by atoms with Crippen LogP contribution >= 0.6 is 0 Å². The van der Waals surface area contributed by atoms with Crippen molar-refractivity contribution in [3.8, 4) is 11.3 Å². The lowest BCUT2D eigenvalue weighted by Crippen LogP contribution is -2.24. The zero-order valence-corrected chi connectivity index (χ0v) is 11.5. The molecule has 0 spiro atoms. The Morgan fingerprint density at radius 3 is 2.53 bits per heavy atom. The maximum absolute atomic E-state index is 13.3. The minimum absolute atomic E-state index is 0.181. The van der Waals surface area contributed by atoms with E-state index >= 15 is 0 Å². The highest BCUT2D eigenvalue weighted by Crippen LogP contribution is 2.23. The van der Waals surface area contributed by atoms with Crippen molar-refractivity contribution in [1.82, 2.24) is 9.97 Å². The summed E-state index contributed by atoms with van der Waals surface area (Å²) in [6, 6.07) is 6.13. The molecule has 0 unspecified atom stereocenters. The Hall–Kier alpha value is -1.97. The molecule has 0 bridgehead atoms. The first-order chi connectivity index (χ1) is 8.79. The van der Waals surface area contributed by atoms with Crippen LogP contribution in [-0.2, 0) is 5.41 Å². The van der Waals surface area contributed by atoms with E-state index in [1.165, 1.54) is 12.1 Å². The topological polar surface area (TPSA) is 45.8 Å². The van der Waals surface area contributed by atoms with E-state index < -0.39 is 0 Å². The second-order valence-corrected chi connectivity index (χ2v) is 5.65. The van der Waals surface area contributed by atoms with Gasteiger partial charge in [0.25, 0.3) is 5.56 Å². The molecule has 1 N–H and O–H groups in total. The number of hydrogen-bond donors (Lipinski definition) is 1. The van der Waals surface area contributed by atoms with Crippen LogP contribution in [0.15, 0.2) is 29.1 Å². The molecular weight excluding hydrogens is 243 g/mol. The smallest absolute Gasteiger partial charge is 0.254 e. The van der Waals surface area contributed by atoms with Gasteiger partial charge in [0, 0.05) is 16.5 Å². The first kappa shape index (κ1) is 13.5. The average molecular weight is 260 g/mol. The molecule has 19 heavy (non-hydrogen) atoms. The number of hydrogen-bond acceptors (Lipinski definition) is 2. The Bertz CT molecular complexity index is 669. The molecule has 4 heteroatoms. The number of aromatic amines is 1. The Morgan fingerprint density at radius 2 is 1.95 bits per heavy atom. The van der Waals surface area contributed by atoms with Gasteiger partial charge in [-0.25, -0.2) is 9.37 Å². The summed E-state index contributed by atoms with van der Waals surface area (Å²) in [5, 5.41) is 0. The van der Waals surface area contributed by atoms with Gasteiger partial charge in [-0.3, -0.25) is 4.79 Å². The molecule has 0 amide bonds. The fourth-order valence-corrected chi connectivity index (χ4v) is 1.80. The standard InChI is InChI=1S/C15H17FN2O/c1-9-12(10-6-5-7-11(16)8-10)17-14(15(2,3)4)18-13(9)19/h5-8H,1-4H3,(H,17,18,19). The van der Waals surface area contributed by atoms with E-state index in [-0.39, 0.29) is 16.8 Å². The van der Waals surface area contributed by atoms with Gasteiger partial charge in [-0.05, 0) is 19.1 Å². The molecule has 1 aromatic carbocycles. The molecule has 3 nitrogen and oxygen atoms in total. The number of benzene rings is 1. The quantitative estimate of drug-likeness (QED) is 0.856. The third kappa shape index (κ3) is 2.72. The molecule has 0 fully saturated rings. The minimum Gasteiger partial charge on any atom is -0.310 e. The molecule has 2 rings (SSSR count). The zero-order valence-electron chi connectivity index (χ0n) is 11.5. The van der Waals surface area contributed by atoms with Crippen molar-refractivity contribution in [2.24, 2.45) is 0 Å². The fourth-order valence-electron chi connectivity index (χ4n) is 1.80. The van der Waals surface area contributed by atoms with E-state index in [2.05, 4.69) is 9.97 Å². The Kier molecular flexibility index (Phi) is 3.27. The van der Waals surface area contributed by atoms with Crippen LogP contribution in [0, 0.1) is 12.7 Å². The second-order valence-electron chi connectivity index (χ2n) is 5.65. The van der Waals surface area contributed by atoms with E-state index in [1.54, 1.807) is 19.1 Å². The van der Waals surface area contributed by atoms with Gasteiger partial charge < -0.3 is 4.98 Å². The Labute approximate surface area is 111 Å². The lowest BCUT2D eigenvalue weighted by molar-refractivity contribution is 0.542. The summed E-state index contributed by atoms with van der Waals surface area (Å²) in [5.74, 6) is 0.263. The van der Waals surface area contributed by atoms with Crippen molar-refractivity contribution in [1.29, 1.82) is 0 Å². The van der Waals surface area contributed by atoms with Gasteiger partial charge in [0.1, 0.15) is 11.6 Å². The lowest BCUT2D eigenvalue weighted by atomic mass is 9.95. The maximum atomic E-state index is 13.3. The first-order valence-electron chi connectivity index (χ1n) is 6.16. The monoisotopic (exact) mass is 260 g/mol. The Balaban J connectivity index is 2.70. The molecule has 100 valence electrons. The highest BCUT2D eigenvalue weighted by molar-refractivity contribution is 5.62. The molecule has 1 aromatic heterocycles. The van der Waals surface area contributed by atoms with Crippen molar-refractivity contribution in [3.63, 3.8) is 0 Å². The molecule has 0 aliphatic carbocycles. The highest BCUT2D eigenvalue weighted by Gasteiger charge is 2.19. The third-order valence-corrected chi connectivity index (χ3v) is 2.96. The zero-order chi connectivity index (χ0) is 14.2. The average Bonchev–Trinajstić information content (AvgIpc) is 2.31. The van der Waals surface area contributed by atoms with Gasteiger partial charge in [0.2, 0.25) is 0 Å². The van der Waals surface area contributed by atoms with Crippen LogP contribution in [-0.4, -0.2) is 9.97 Å². The molecule has 0 radical (unpaired) electrons. The second kappa shape index (κ2) is 4.61. The van der Waals surface area contributed by atoms with Crippen molar-refractivity contribution in [3.05, 3.63) is 51.8 Å². The van der Waals surface area contributed by atoms with Gasteiger partial charge in [-0.2, -0.15) is 0 Å². The van der Waals surface area contributed by atoms with Crippen LogP contribution in [0.3, 0.4) is 0 Å². The van der Waals surface area contributed by atoms with Crippen LogP contribution in [0.5, 0.6) is 0 Å². The summed E-state index contributed by atoms with van der Waals surface area (Å²) >= 11 is 0. The summed E-state index contributed by atoms with van der Waals surface area (Å²) in [4.78, 5) is 19.2. The molecule has 0 saturated heterocycles. The molecular formula is C15H17FN2O. The molecule has 0 aliphatic heterocycles. The van der Waals surface area contributed by atoms with Crippen molar-refractivity contribution in [2.75, 3.05) is 0 Å². The summed E-state index contributed by atoms with van der Waals surface area (Å²) in [6.07, 6.45) is 0. The van der Waals surface area contributed by atoms with Gasteiger partial charge in [-0.1, -0.05) is 32.9 Å². The van der Waals surface area contributed by atoms with Crippen molar-refractivity contribution >= 4 is 0 Å².